The monoisotopic (exact) mass is 368 g/mol. The molecule has 1 atom stereocenters. The Hall–Kier alpha value is 0.647. The average Bonchev–Trinajstić information content (AvgIpc) is 2.38. The Balaban J connectivity index is 4.45. The van der Waals surface area contributed by atoms with Crippen molar-refractivity contribution in [3.8, 4) is 0 Å². The smallest absolute Gasteiger partial charge is 0.192 e. The largest absolute Gasteiger partial charge is 0.414 e. The van der Waals surface area contributed by atoms with Crippen LogP contribution in [0.25, 0.3) is 0 Å². The van der Waals surface area contributed by atoms with Gasteiger partial charge in [0.1, 0.15) is 0 Å². The van der Waals surface area contributed by atoms with Crippen LogP contribution in [-0.2, 0) is 4.43 Å². The molecule has 0 aliphatic heterocycles. The van der Waals surface area contributed by atoms with Crippen molar-refractivity contribution in [3.63, 3.8) is 0 Å². The van der Waals surface area contributed by atoms with Crippen molar-refractivity contribution in [2.24, 2.45) is 0 Å². The first-order valence-electron chi connectivity index (χ1n) is 7.11. The van der Waals surface area contributed by atoms with E-state index in [-0.39, 0.29) is 0 Å². The summed E-state index contributed by atoms with van der Waals surface area (Å²) in [5.41, 5.74) is 0. The summed E-state index contributed by atoms with van der Waals surface area (Å²) in [5, 5.41) is 0. The van der Waals surface area contributed by atoms with E-state index in [0.717, 1.165) is 6.42 Å². The van der Waals surface area contributed by atoms with E-state index in [0.29, 0.717) is 6.10 Å². The number of unbranched alkanes of at least 4 members (excludes halogenated alkanes) is 1. The van der Waals surface area contributed by atoms with Crippen molar-refractivity contribution in [2.45, 2.75) is 77.6 Å². The normalized spacial score (nSPS) is 14.4. The van der Waals surface area contributed by atoms with Crippen LogP contribution in [0.3, 0.4) is 0 Å². The summed E-state index contributed by atoms with van der Waals surface area (Å²) in [4.78, 5) is 0. The maximum Gasteiger partial charge on any atom is 0.192 e. The molecule has 0 unspecified atom stereocenters. The minimum Gasteiger partial charge on any atom is -0.414 e. The highest BCUT2D eigenvalue weighted by molar-refractivity contribution is 14.1. The van der Waals surface area contributed by atoms with Gasteiger partial charge in [-0.15, -0.1) is 0 Å². The fraction of sp³-hybridized carbons (Fsp3) is 0.857. The summed E-state index contributed by atoms with van der Waals surface area (Å²) in [5.74, 6) is 0. The molecule has 0 aliphatic carbocycles. The van der Waals surface area contributed by atoms with Crippen LogP contribution in [0.2, 0.25) is 18.1 Å². The lowest BCUT2D eigenvalue weighted by atomic mass is 10.1. The van der Waals surface area contributed by atoms with Crippen LogP contribution in [0, 0.1) is 0 Å². The van der Waals surface area contributed by atoms with Crippen molar-refractivity contribution in [2.75, 3.05) is 0 Å². The zero-order valence-electron chi connectivity index (χ0n) is 12.0. The number of halogens is 1. The summed E-state index contributed by atoms with van der Waals surface area (Å²) in [6, 6.07) is 3.78. The maximum atomic E-state index is 6.57. The van der Waals surface area contributed by atoms with E-state index in [1.807, 2.05) is 0 Å². The maximum absolute atomic E-state index is 6.57. The van der Waals surface area contributed by atoms with Crippen LogP contribution in [0.4, 0.5) is 0 Å². The van der Waals surface area contributed by atoms with E-state index >= 15 is 0 Å². The van der Waals surface area contributed by atoms with E-state index in [1.54, 1.807) is 0 Å². The molecule has 0 aliphatic rings. The summed E-state index contributed by atoms with van der Waals surface area (Å²) >= 11 is 2.30. The number of hydrogen-bond donors (Lipinski definition) is 0. The molecular weight excluding hydrogens is 339 g/mol. The molecule has 0 N–H and O–H groups in total. The van der Waals surface area contributed by atoms with E-state index in [4.69, 9.17) is 4.43 Å². The first kappa shape index (κ1) is 17.6. The molecule has 17 heavy (non-hydrogen) atoms. The molecule has 0 saturated heterocycles. The number of rotatable bonds is 10. The Kier molecular flexibility index (Phi) is 11.0. The zero-order chi connectivity index (χ0) is 13.1. The van der Waals surface area contributed by atoms with E-state index in [1.165, 1.54) is 37.4 Å². The van der Waals surface area contributed by atoms with Crippen molar-refractivity contribution in [3.05, 3.63) is 10.2 Å². The van der Waals surface area contributed by atoms with E-state index < -0.39 is 8.32 Å². The molecule has 0 amide bonds. The summed E-state index contributed by atoms with van der Waals surface area (Å²) < 4.78 is 8.69. The average molecular weight is 368 g/mol. The highest BCUT2D eigenvalue weighted by atomic mass is 127. The molecule has 0 fully saturated rings. The Labute approximate surface area is 123 Å². The molecule has 0 bridgehead atoms. The molecule has 1 nitrogen and oxygen atoms in total. The van der Waals surface area contributed by atoms with Gasteiger partial charge in [0.15, 0.2) is 8.32 Å². The van der Waals surface area contributed by atoms with Gasteiger partial charge in [0.05, 0.1) is 0 Å². The Morgan fingerprint density at radius 1 is 1.12 bits per heavy atom. The van der Waals surface area contributed by atoms with Crippen LogP contribution in [0.5, 0.6) is 0 Å². The topological polar surface area (TPSA) is 9.23 Å². The quantitative estimate of drug-likeness (QED) is 0.344. The van der Waals surface area contributed by atoms with Crippen molar-refractivity contribution in [1.29, 1.82) is 0 Å². The lowest BCUT2D eigenvalue weighted by molar-refractivity contribution is 0.176. The van der Waals surface area contributed by atoms with Crippen LogP contribution in [0.15, 0.2) is 10.2 Å². The van der Waals surface area contributed by atoms with Gasteiger partial charge in [-0.05, 0) is 35.1 Å². The van der Waals surface area contributed by atoms with E-state index in [2.05, 4.69) is 60.4 Å². The van der Waals surface area contributed by atoms with Gasteiger partial charge < -0.3 is 4.43 Å². The van der Waals surface area contributed by atoms with Gasteiger partial charge in [0.2, 0.25) is 0 Å². The molecule has 0 spiro atoms. The third kappa shape index (κ3) is 6.96. The zero-order valence-corrected chi connectivity index (χ0v) is 15.1. The van der Waals surface area contributed by atoms with Crippen molar-refractivity contribution < 1.29 is 4.43 Å². The molecule has 0 aromatic carbocycles. The second kappa shape index (κ2) is 10.6. The fourth-order valence-corrected chi connectivity index (χ4v) is 5.43. The Morgan fingerprint density at radius 2 is 1.71 bits per heavy atom. The predicted molar refractivity (Wildman–Crippen MR) is 89.4 cm³/mol. The molecule has 102 valence electrons. The van der Waals surface area contributed by atoms with Gasteiger partial charge in [-0.25, -0.2) is 0 Å². The fourth-order valence-electron chi connectivity index (χ4n) is 2.21. The van der Waals surface area contributed by atoms with Crippen molar-refractivity contribution >= 4 is 30.9 Å². The molecule has 0 radical (unpaired) electrons. The first-order valence-corrected chi connectivity index (χ1v) is 10.9. The predicted octanol–water partition coefficient (Wildman–Crippen LogP) is 5.91. The second-order valence-electron chi connectivity index (χ2n) is 4.72. The van der Waals surface area contributed by atoms with Crippen molar-refractivity contribution in [1.82, 2.24) is 0 Å². The first-order chi connectivity index (χ1) is 8.17. The van der Waals surface area contributed by atoms with Crippen LogP contribution < -0.4 is 0 Å². The minimum atomic E-state index is -1.42. The van der Waals surface area contributed by atoms with E-state index in [9.17, 15) is 0 Å². The van der Waals surface area contributed by atoms with Crippen LogP contribution >= 0.6 is 22.6 Å². The lowest BCUT2D eigenvalue weighted by Crippen LogP contribution is -2.39. The minimum absolute atomic E-state index is 0.465. The van der Waals surface area contributed by atoms with Gasteiger partial charge in [-0.2, -0.15) is 0 Å². The molecule has 0 saturated carbocycles. The molecule has 3 heteroatoms. The second-order valence-corrected chi connectivity index (χ2v) is 10.2. The number of hydrogen-bond acceptors (Lipinski definition) is 1. The summed E-state index contributed by atoms with van der Waals surface area (Å²) in [6.45, 7) is 9.19. The molecule has 0 aromatic rings. The van der Waals surface area contributed by atoms with Gasteiger partial charge in [-0.3, -0.25) is 0 Å². The van der Waals surface area contributed by atoms with Gasteiger partial charge in [0, 0.05) is 6.10 Å². The van der Waals surface area contributed by atoms with Gasteiger partial charge in [-0.1, -0.05) is 69.2 Å². The standard InChI is InChI=1S/C14H29IOSi/c1-5-9-11-14(12-10-13-15)16-17(6-2,7-3)8-4/h10,13-14H,5-9,11-12H2,1-4H3/b13-10+/t14-/m0/s1. The third-order valence-electron chi connectivity index (χ3n) is 3.72. The molecule has 0 heterocycles. The SMILES string of the molecule is CCCC[C@@H](C/C=C/I)O[Si](CC)(CC)CC. The Morgan fingerprint density at radius 3 is 2.12 bits per heavy atom. The molecule has 0 aromatic heterocycles. The van der Waals surface area contributed by atoms with Gasteiger partial charge >= 0.3 is 0 Å². The van der Waals surface area contributed by atoms with Gasteiger partial charge in [0.25, 0.3) is 0 Å². The highest BCUT2D eigenvalue weighted by Crippen LogP contribution is 2.26. The third-order valence-corrected chi connectivity index (χ3v) is 8.93. The summed E-state index contributed by atoms with van der Waals surface area (Å²) in [6.07, 6.45) is 7.60. The van der Waals surface area contributed by atoms with Crippen LogP contribution in [-0.4, -0.2) is 14.4 Å². The van der Waals surface area contributed by atoms with Crippen LogP contribution in [0.1, 0.15) is 53.4 Å². The lowest BCUT2D eigenvalue weighted by Gasteiger charge is -2.33. The Bertz CT molecular complexity index is 194. The molecular formula is C14H29IOSi. The summed E-state index contributed by atoms with van der Waals surface area (Å²) in [7, 11) is -1.42. The molecule has 0 rings (SSSR count). The highest BCUT2D eigenvalue weighted by Gasteiger charge is 2.31.